The van der Waals surface area contributed by atoms with Crippen molar-refractivity contribution in [1.82, 2.24) is 0 Å². The van der Waals surface area contributed by atoms with E-state index in [9.17, 15) is 15.0 Å². The molecule has 0 unspecified atom stereocenters. The molecule has 0 spiro atoms. The van der Waals surface area contributed by atoms with Gasteiger partial charge in [0.15, 0.2) is 0 Å². The van der Waals surface area contributed by atoms with E-state index in [2.05, 4.69) is 17.9 Å². The number of aliphatic hydroxyl groups excluding tert-OH is 3. The van der Waals surface area contributed by atoms with Crippen molar-refractivity contribution in [2.24, 2.45) is 11.8 Å². The van der Waals surface area contributed by atoms with Crippen LogP contribution in [0.15, 0.2) is 30.4 Å². The molecule has 1 heterocycles. The van der Waals surface area contributed by atoms with Crippen LogP contribution in [0.5, 0.6) is 5.75 Å². The molecule has 3 rings (SSSR count). The summed E-state index contributed by atoms with van der Waals surface area (Å²) < 4.78 is 11.4. The average molecular weight is 457 g/mol. The first-order valence-electron chi connectivity index (χ1n) is 11.9. The molecular formula is C27H36O6. The average Bonchev–Trinajstić information content (AvgIpc) is 3.31. The maximum absolute atomic E-state index is 11.8. The third kappa shape index (κ3) is 6.38. The molecule has 2 aliphatic rings. The van der Waals surface area contributed by atoms with E-state index in [0.717, 1.165) is 16.9 Å². The number of hydrogen-bond acceptors (Lipinski definition) is 6. The second-order valence-electron chi connectivity index (χ2n) is 9.03. The molecule has 0 saturated heterocycles. The van der Waals surface area contributed by atoms with Crippen LogP contribution in [0.1, 0.15) is 63.0 Å². The molecule has 0 bridgehead atoms. The van der Waals surface area contributed by atoms with Gasteiger partial charge in [-0.3, -0.25) is 4.79 Å². The summed E-state index contributed by atoms with van der Waals surface area (Å²) >= 11 is 0. The highest BCUT2D eigenvalue weighted by molar-refractivity contribution is 5.69. The summed E-state index contributed by atoms with van der Waals surface area (Å²) in [6.07, 6.45) is 5.86. The maximum Gasteiger partial charge on any atom is 0.305 e. The number of rotatable bonds is 11. The predicted octanol–water partition coefficient (Wildman–Crippen LogP) is 3.13. The Bertz CT molecular complexity index is 882. The van der Waals surface area contributed by atoms with Gasteiger partial charge in [0.25, 0.3) is 0 Å². The Labute approximate surface area is 196 Å². The minimum Gasteiger partial charge on any atom is -0.489 e. The Morgan fingerprint density at radius 3 is 2.94 bits per heavy atom. The van der Waals surface area contributed by atoms with E-state index in [0.29, 0.717) is 38.5 Å². The van der Waals surface area contributed by atoms with Crippen molar-refractivity contribution in [1.29, 1.82) is 0 Å². The summed E-state index contributed by atoms with van der Waals surface area (Å²) in [5.41, 5.74) is 2.16. The SMILES string of the molecule is CC#CC[C@H](C)[C@H](O)/C=C/[C@@H]1[C@H]2c3cccc(CCCC(=O)OCCCO)c3O[C@H]2C[C@H]1O. The normalized spacial score (nSPS) is 25.0. The van der Waals surface area contributed by atoms with Gasteiger partial charge < -0.3 is 24.8 Å². The van der Waals surface area contributed by atoms with Crippen molar-refractivity contribution in [3.63, 3.8) is 0 Å². The molecule has 1 aromatic carbocycles. The Morgan fingerprint density at radius 2 is 2.18 bits per heavy atom. The fourth-order valence-corrected chi connectivity index (χ4v) is 4.73. The van der Waals surface area contributed by atoms with E-state index in [1.54, 1.807) is 13.0 Å². The molecule has 33 heavy (non-hydrogen) atoms. The van der Waals surface area contributed by atoms with Gasteiger partial charge in [0.1, 0.15) is 11.9 Å². The van der Waals surface area contributed by atoms with Crippen LogP contribution in [0.2, 0.25) is 0 Å². The zero-order chi connectivity index (χ0) is 23.8. The Balaban J connectivity index is 1.64. The smallest absolute Gasteiger partial charge is 0.305 e. The minimum atomic E-state index is -0.609. The van der Waals surface area contributed by atoms with Crippen molar-refractivity contribution in [2.75, 3.05) is 13.2 Å². The van der Waals surface area contributed by atoms with Crippen LogP contribution in [-0.4, -0.2) is 52.8 Å². The molecule has 1 aromatic rings. The lowest BCUT2D eigenvalue weighted by atomic mass is 9.86. The van der Waals surface area contributed by atoms with Crippen LogP contribution in [0.25, 0.3) is 0 Å². The van der Waals surface area contributed by atoms with Gasteiger partial charge in [0.2, 0.25) is 0 Å². The number of para-hydroxylation sites is 1. The van der Waals surface area contributed by atoms with Gasteiger partial charge in [-0.1, -0.05) is 37.3 Å². The summed E-state index contributed by atoms with van der Waals surface area (Å²) in [5.74, 6) is 6.44. The number of carbonyl (C=O) groups is 1. The molecule has 180 valence electrons. The number of benzene rings is 1. The van der Waals surface area contributed by atoms with Crippen LogP contribution in [0.4, 0.5) is 0 Å². The number of hydrogen-bond donors (Lipinski definition) is 3. The number of aryl methyl sites for hydroxylation is 1. The van der Waals surface area contributed by atoms with Crippen LogP contribution in [-0.2, 0) is 16.0 Å². The van der Waals surface area contributed by atoms with E-state index < -0.39 is 12.2 Å². The van der Waals surface area contributed by atoms with Crippen LogP contribution in [0.3, 0.4) is 0 Å². The van der Waals surface area contributed by atoms with E-state index >= 15 is 0 Å². The van der Waals surface area contributed by atoms with Gasteiger partial charge in [-0.25, -0.2) is 0 Å². The second-order valence-corrected chi connectivity index (χ2v) is 9.03. The zero-order valence-corrected chi connectivity index (χ0v) is 19.6. The summed E-state index contributed by atoms with van der Waals surface area (Å²) in [5, 5.41) is 29.9. The van der Waals surface area contributed by atoms with E-state index in [1.807, 2.05) is 25.1 Å². The Morgan fingerprint density at radius 1 is 1.36 bits per heavy atom. The van der Waals surface area contributed by atoms with Crippen molar-refractivity contribution in [2.45, 2.75) is 76.6 Å². The van der Waals surface area contributed by atoms with Gasteiger partial charge in [-0.05, 0) is 31.2 Å². The maximum atomic E-state index is 11.8. The molecule has 0 radical (unpaired) electrons. The summed E-state index contributed by atoms with van der Waals surface area (Å²) in [7, 11) is 0. The van der Waals surface area contributed by atoms with Gasteiger partial charge in [0.05, 0.1) is 18.8 Å². The Kier molecular flexibility index (Phi) is 9.37. The molecular weight excluding hydrogens is 420 g/mol. The standard InChI is InChI=1S/C27H36O6/c1-3-4-8-18(2)22(29)14-13-20-23(30)17-24-26(20)21-11-5-9-19(27(21)33-24)10-6-12-25(31)32-16-7-15-28/h5,9,11,13-14,18,20,22-24,26,28-30H,6-8,10,12,15-17H2,1-2H3/b14-13+/t18-,20-,22+,23+,24-,26-/m0/s1. The van der Waals surface area contributed by atoms with E-state index in [-0.39, 0.29) is 43.0 Å². The molecule has 3 N–H and O–H groups in total. The first-order valence-corrected chi connectivity index (χ1v) is 11.9. The van der Waals surface area contributed by atoms with Crippen molar-refractivity contribution >= 4 is 5.97 Å². The van der Waals surface area contributed by atoms with Crippen LogP contribution in [0, 0.1) is 23.7 Å². The zero-order valence-electron chi connectivity index (χ0n) is 19.6. The monoisotopic (exact) mass is 456 g/mol. The molecule has 6 nitrogen and oxygen atoms in total. The van der Waals surface area contributed by atoms with Crippen molar-refractivity contribution in [3.8, 4) is 17.6 Å². The lowest BCUT2D eigenvalue weighted by Gasteiger charge is -2.19. The van der Waals surface area contributed by atoms with Crippen molar-refractivity contribution < 1.29 is 29.6 Å². The summed E-state index contributed by atoms with van der Waals surface area (Å²) in [6, 6.07) is 6.09. The van der Waals surface area contributed by atoms with Crippen molar-refractivity contribution in [3.05, 3.63) is 41.5 Å². The molecule has 0 amide bonds. The lowest BCUT2D eigenvalue weighted by Crippen LogP contribution is -2.19. The fraction of sp³-hybridized carbons (Fsp3) is 0.593. The molecule has 6 atom stereocenters. The third-order valence-corrected chi connectivity index (χ3v) is 6.60. The second kappa shape index (κ2) is 12.2. The molecule has 0 aromatic heterocycles. The third-order valence-electron chi connectivity index (χ3n) is 6.60. The van der Waals surface area contributed by atoms with Crippen LogP contribution >= 0.6 is 0 Å². The lowest BCUT2D eigenvalue weighted by molar-refractivity contribution is -0.144. The summed E-state index contributed by atoms with van der Waals surface area (Å²) in [6.45, 7) is 4.02. The van der Waals surface area contributed by atoms with E-state index in [4.69, 9.17) is 14.6 Å². The summed E-state index contributed by atoms with van der Waals surface area (Å²) in [4.78, 5) is 11.8. The minimum absolute atomic E-state index is 0.0134. The first-order chi connectivity index (χ1) is 16.0. The number of fused-ring (bicyclic) bond motifs is 3. The number of esters is 1. The first kappa shape index (κ1) is 25.3. The molecule has 1 aliphatic heterocycles. The highest BCUT2D eigenvalue weighted by atomic mass is 16.5. The number of aliphatic hydroxyl groups is 3. The van der Waals surface area contributed by atoms with Gasteiger partial charge in [0, 0.05) is 49.7 Å². The fourth-order valence-electron chi connectivity index (χ4n) is 4.73. The topological polar surface area (TPSA) is 96.2 Å². The van der Waals surface area contributed by atoms with Crippen LogP contribution < -0.4 is 4.74 Å². The molecule has 1 fully saturated rings. The molecule has 1 aliphatic carbocycles. The number of ether oxygens (including phenoxy) is 2. The molecule has 6 heteroatoms. The van der Waals surface area contributed by atoms with Gasteiger partial charge >= 0.3 is 5.97 Å². The quantitative estimate of drug-likeness (QED) is 0.205. The number of carbonyl (C=O) groups excluding carboxylic acids is 1. The largest absolute Gasteiger partial charge is 0.489 e. The van der Waals surface area contributed by atoms with Gasteiger partial charge in [-0.2, -0.15) is 0 Å². The highest BCUT2D eigenvalue weighted by Crippen LogP contribution is 2.52. The highest BCUT2D eigenvalue weighted by Gasteiger charge is 2.48. The van der Waals surface area contributed by atoms with Gasteiger partial charge in [-0.15, -0.1) is 11.8 Å². The van der Waals surface area contributed by atoms with E-state index in [1.165, 1.54) is 0 Å². The molecule has 1 saturated carbocycles. The predicted molar refractivity (Wildman–Crippen MR) is 126 cm³/mol. The Hall–Kier alpha value is -2.33.